The summed E-state index contributed by atoms with van der Waals surface area (Å²) in [5.41, 5.74) is 6.22. The molecule has 4 heteroatoms. The fourth-order valence-electron chi connectivity index (χ4n) is 0.948. The van der Waals surface area contributed by atoms with Gasteiger partial charge in [-0.3, -0.25) is 4.79 Å². The van der Waals surface area contributed by atoms with Crippen LogP contribution in [0.5, 0.6) is 0 Å². The highest BCUT2D eigenvalue weighted by molar-refractivity contribution is 7.08. The first-order valence-corrected chi connectivity index (χ1v) is 5.10. The van der Waals surface area contributed by atoms with E-state index < -0.39 is 0 Å². The molecule has 0 saturated carbocycles. The molecule has 0 bridgehead atoms. The average molecular weight is 198 g/mol. The van der Waals surface area contributed by atoms with Gasteiger partial charge in [0.1, 0.15) is 0 Å². The smallest absolute Gasteiger partial charge is 0.254 e. The van der Waals surface area contributed by atoms with Gasteiger partial charge in [0.15, 0.2) is 0 Å². The Morgan fingerprint density at radius 2 is 2.46 bits per heavy atom. The van der Waals surface area contributed by atoms with Crippen LogP contribution in [0, 0.1) is 0 Å². The molecule has 0 aromatic carbocycles. The van der Waals surface area contributed by atoms with E-state index in [1.54, 1.807) is 11.9 Å². The van der Waals surface area contributed by atoms with Crippen molar-refractivity contribution in [1.82, 2.24) is 4.90 Å². The van der Waals surface area contributed by atoms with E-state index in [0.717, 1.165) is 5.56 Å². The Hall–Kier alpha value is -0.870. The Morgan fingerprint density at radius 3 is 2.92 bits per heavy atom. The molecule has 1 aromatic heterocycles. The zero-order chi connectivity index (χ0) is 9.84. The molecule has 0 aliphatic rings. The number of amides is 1. The zero-order valence-corrected chi connectivity index (χ0v) is 8.67. The third kappa shape index (κ3) is 2.29. The Bertz CT molecular complexity index is 271. The van der Waals surface area contributed by atoms with Gasteiger partial charge in [-0.05, 0) is 18.4 Å². The summed E-state index contributed by atoms with van der Waals surface area (Å²) < 4.78 is 0. The van der Waals surface area contributed by atoms with E-state index in [1.807, 2.05) is 23.8 Å². The SMILES string of the molecule is CC(CN)N(C)C(=O)c1ccsc1. The molecule has 1 aromatic rings. The molecule has 3 nitrogen and oxygen atoms in total. The van der Waals surface area contributed by atoms with Crippen molar-refractivity contribution < 1.29 is 4.79 Å². The summed E-state index contributed by atoms with van der Waals surface area (Å²) in [6.07, 6.45) is 0. The summed E-state index contributed by atoms with van der Waals surface area (Å²) in [5, 5.41) is 3.75. The second kappa shape index (κ2) is 4.39. The fraction of sp³-hybridized carbons (Fsp3) is 0.444. The first kappa shape index (κ1) is 10.2. The van der Waals surface area contributed by atoms with Crippen molar-refractivity contribution in [3.8, 4) is 0 Å². The summed E-state index contributed by atoms with van der Waals surface area (Å²) in [5.74, 6) is 0.0409. The van der Waals surface area contributed by atoms with E-state index in [9.17, 15) is 4.79 Å². The summed E-state index contributed by atoms with van der Waals surface area (Å²) in [7, 11) is 1.78. The Morgan fingerprint density at radius 1 is 1.77 bits per heavy atom. The first-order chi connectivity index (χ1) is 6.16. The number of rotatable bonds is 3. The second-order valence-corrected chi connectivity index (χ2v) is 3.79. The van der Waals surface area contributed by atoms with E-state index in [4.69, 9.17) is 5.73 Å². The average Bonchev–Trinajstić information content (AvgIpc) is 2.67. The van der Waals surface area contributed by atoms with Crippen molar-refractivity contribution >= 4 is 17.2 Å². The van der Waals surface area contributed by atoms with E-state index in [1.165, 1.54) is 11.3 Å². The molecule has 0 saturated heterocycles. The maximum absolute atomic E-state index is 11.7. The number of hydrogen-bond donors (Lipinski definition) is 1. The van der Waals surface area contributed by atoms with Crippen molar-refractivity contribution in [2.24, 2.45) is 5.73 Å². The van der Waals surface area contributed by atoms with E-state index in [-0.39, 0.29) is 11.9 Å². The van der Waals surface area contributed by atoms with Crippen LogP contribution in [0.4, 0.5) is 0 Å². The molecule has 72 valence electrons. The molecule has 0 fully saturated rings. The predicted molar refractivity (Wildman–Crippen MR) is 54.9 cm³/mol. The molecule has 0 spiro atoms. The lowest BCUT2D eigenvalue weighted by Crippen LogP contribution is -2.39. The zero-order valence-electron chi connectivity index (χ0n) is 7.86. The topological polar surface area (TPSA) is 46.3 Å². The third-order valence-electron chi connectivity index (χ3n) is 2.09. The third-order valence-corrected chi connectivity index (χ3v) is 2.77. The molecule has 2 N–H and O–H groups in total. The van der Waals surface area contributed by atoms with Gasteiger partial charge in [0.05, 0.1) is 5.56 Å². The van der Waals surface area contributed by atoms with Gasteiger partial charge in [0.25, 0.3) is 5.91 Å². The lowest BCUT2D eigenvalue weighted by Gasteiger charge is -2.22. The van der Waals surface area contributed by atoms with Gasteiger partial charge in [-0.1, -0.05) is 0 Å². The van der Waals surface area contributed by atoms with Gasteiger partial charge in [0, 0.05) is 25.0 Å². The van der Waals surface area contributed by atoms with Gasteiger partial charge < -0.3 is 10.6 Å². The lowest BCUT2D eigenvalue weighted by molar-refractivity contribution is 0.0749. The van der Waals surface area contributed by atoms with Gasteiger partial charge >= 0.3 is 0 Å². The van der Waals surface area contributed by atoms with Gasteiger partial charge in [0.2, 0.25) is 0 Å². The maximum atomic E-state index is 11.7. The van der Waals surface area contributed by atoms with Crippen molar-refractivity contribution in [1.29, 1.82) is 0 Å². The summed E-state index contributed by atoms with van der Waals surface area (Å²) >= 11 is 1.53. The number of hydrogen-bond acceptors (Lipinski definition) is 3. The number of nitrogens with zero attached hydrogens (tertiary/aromatic N) is 1. The van der Waals surface area contributed by atoms with Gasteiger partial charge in [-0.2, -0.15) is 11.3 Å². The van der Waals surface area contributed by atoms with Crippen LogP contribution in [-0.2, 0) is 0 Å². The fourth-order valence-corrected chi connectivity index (χ4v) is 1.58. The predicted octanol–water partition coefficient (Wildman–Crippen LogP) is 1.17. The Labute approximate surface area is 82.2 Å². The van der Waals surface area contributed by atoms with E-state index >= 15 is 0 Å². The normalized spacial score (nSPS) is 12.5. The van der Waals surface area contributed by atoms with Crippen LogP contribution in [0.25, 0.3) is 0 Å². The minimum Gasteiger partial charge on any atom is -0.338 e. The molecule has 1 heterocycles. The highest BCUT2D eigenvalue weighted by Gasteiger charge is 2.15. The monoisotopic (exact) mass is 198 g/mol. The molecule has 1 rings (SSSR count). The molecular formula is C9H14N2OS. The summed E-state index contributed by atoms with van der Waals surface area (Å²) in [4.78, 5) is 13.4. The minimum absolute atomic E-state index is 0.0409. The molecule has 0 aliphatic carbocycles. The van der Waals surface area contributed by atoms with Crippen LogP contribution in [0.2, 0.25) is 0 Å². The molecule has 1 amide bonds. The number of thiophene rings is 1. The minimum atomic E-state index is 0.0409. The molecule has 0 radical (unpaired) electrons. The highest BCUT2D eigenvalue weighted by Crippen LogP contribution is 2.09. The van der Waals surface area contributed by atoms with Crippen molar-refractivity contribution in [3.05, 3.63) is 22.4 Å². The lowest BCUT2D eigenvalue weighted by atomic mass is 10.2. The molecule has 1 atom stereocenters. The first-order valence-electron chi connectivity index (χ1n) is 4.16. The summed E-state index contributed by atoms with van der Waals surface area (Å²) in [6.45, 7) is 2.43. The molecule has 1 unspecified atom stereocenters. The van der Waals surface area contributed by atoms with E-state index in [2.05, 4.69) is 0 Å². The standard InChI is InChI=1S/C9H14N2OS/c1-7(5-10)11(2)9(12)8-3-4-13-6-8/h3-4,6-7H,5,10H2,1-2H3. The van der Waals surface area contributed by atoms with Crippen LogP contribution >= 0.6 is 11.3 Å². The highest BCUT2D eigenvalue weighted by atomic mass is 32.1. The number of carbonyl (C=O) groups is 1. The van der Waals surface area contributed by atoms with Crippen LogP contribution in [0.1, 0.15) is 17.3 Å². The number of carbonyl (C=O) groups excluding carboxylic acids is 1. The van der Waals surface area contributed by atoms with Crippen LogP contribution in [-0.4, -0.2) is 30.4 Å². The van der Waals surface area contributed by atoms with Crippen LogP contribution in [0.3, 0.4) is 0 Å². The molecular weight excluding hydrogens is 184 g/mol. The van der Waals surface area contributed by atoms with Crippen molar-refractivity contribution in [2.45, 2.75) is 13.0 Å². The van der Waals surface area contributed by atoms with Gasteiger partial charge in [-0.25, -0.2) is 0 Å². The number of nitrogens with two attached hydrogens (primary N) is 1. The quantitative estimate of drug-likeness (QED) is 0.792. The Balaban J connectivity index is 2.68. The molecule has 0 aliphatic heterocycles. The Kier molecular flexibility index (Phi) is 3.45. The van der Waals surface area contributed by atoms with Crippen molar-refractivity contribution in [2.75, 3.05) is 13.6 Å². The largest absolute Gasteiger partial charge is 0.338 e. The van der Waals surface area contributed by atoms with E-state index in [0.29, 0.717) is 6.54 Å². The molecule has 13 heavy (non-hydrogen) atoms. The summed E-state index contributed by atoms with van der Waals surface area (Å²) in [6, 6.07) is 1.92. The maximum Gasteiger partial charge on any atom is 0.254 e. The van der Waals surface area contributed by atoms with Crippen LogP contribution in [0.15, 0.2) is 16.8 Å². The van der Waals surface area contributed by atoms with Crippen LogP contribution < -0.4 is 5.73 Å². The number of likely N-dealkylation sites (N-methyl/N-ethyl adjacent to an activating group) is 1. The van der Waals surface area contributed by atoms with Crippen molar-refractivity contribution in [3.63, 3.8) is 0 Å². The second-order valence-electron chi connectivity index (χ2n) is 3.01. The van der Waals surface area contributed by atoms with Gasteiger partial charge in [-0.15, -0.1) is 0 Å².